The first-order valence-corrected chi connectivity index (χ1v) is 10.5. The molecular weight excluding hydrogens is 256 g/mol. The van der Waals surface area contributed by atoms with Gasteiger partial charge in [0.15, 0.2) is 0 Å². The molecule has 3 rings (SSSR count). The second kappa shape index (κ2) is 5.97. The molecule has 0 amide bonds. The smallest absolute Gasteiger partial charge is 0.0626 e. The molecule has 20 heavy (non-hydrogen) atoms. The molecule has 1 aliphatic carbocycles. The highest BCUT2D eigenvalue weighted by Gasteiger charge is 2.40. The Morgan fingerprint density at radius 2 is 1.15 bits per heavy atom. The van der Waals surface area contributed by atoms with Gasteiger partial charge in [0.1, 0.15) is 8.07 Å². The van der Waals surface area contributed by atoms with Gasteiger partial charge in [-0.1, -0.05) is 110 Å². The average molecular weight is 280 g/mol. The Labute approximate surface area is 123 Å². The van der Waals surface area contributed by atoms with Crippen LogP contribution in [-0.2, 0) is 0 Å². The second-order valence-corrected chi connectivity index (χ2v) is 10.6. The first kappa shape index (κ1) is 13.6. The number of hydrogen-bond acceptors (Lipinski definition) is 0. The van der Waals surface area contributed by atoms with Gasteiger partial charge >= 0.3 is 0 Å². The lowest BCUT2D eigenvalue weighted by Gasteiger charge is -2.39. The minimum Gasteiger partial charge on any atom is -0.0626 e. The Morgan fingerprint density at radius 1 is 0.700 bits per heavy atom. The van der Waals surface area contributed by atoms with E-state index in [0.717, 1.165) is 5.54 Å². The molecule has 104 valence electrons. The average Bonchev–Trinajstić information content (AvgIpc) is 2.56. The Kier molecular flexibility index (Phi) is 4.07. The molecule has 0 spiro atoms. The molecule has 1 saturated carbocycles. The van der Waals surface area contributed by atoms with Gasteiger partial charge in [-0.25, -0.2) is 0 Å². The third-order valence-corrected chi connectivity index (χ3v) is 10.4. The van der Waals surface area contributed by atoms with E-state index in [1.54, 1.807) is 10.4 Å². The summed E-state index contributed by atoms with van der Waals surface area (Å²) >= 11 is 0. The van der Waals surface area contributed by atoms with Crippen molar-refractivity contribution in [3.8, 4) is 0 Å². The van der Waals surface area contributed by atoms with Crippen LogP contribution in [0.3, 0.4) is 0 Å². The molecule has 0 nitrogen and oxygen atoms in total. The van der Waals surface area contributed by atoms with Crippen LogP contribution in [-0.4, -0.2) is 8.07 Å². The maximum atomic E-state index is 2.59. The maximum Gasteiger partial charge on any atom is 0.118 e. The van der Waals surface area contributed by atoms with Crippen LogP contribution in [0.4, 0.5) is 0 Å². The molecule has 0 radical (unpaired) electrons. The summed E-state index contributed by atoms with van der Waals surface area (Å²) in [7, 11) is -1.60. The predicted molar refractivity (Wildman–Crippen MR) is 90.6 cm³/mol. The van der Waals surface area contributed by atoms with Crippen LogP contribution in [0.15, 0.2) is 60.7 Å². The van der Waals surface area contributed by atoms with E-state index in [-0.39, 0.29) is 0 Å². The zero-order chi connectivity index (χ0) is 13.8. The molecule has 2 aromatic carbocycles. The Morgan fingerprint density at radius 3 is 1.60 bits per heavy atom. The summed E-state index contributed by atoms with van der Waals surface area (Å²) in [5.41, 5.74) is 0.904. The van der Waals surface area contributed by atoms with Crippen molar-refractivity contribution < 1.29 is 0 Å². The fourth-order valence-corrected chi connectivity index (χ4v) is 8.50. The third-order valence-electron chi connectivity index (χ3n) is 5.17. The van der Waals surface area contributed by atoms with Gasteiger partial charge in [-0.3, -0.25) is 0 Å². The molecule has 1 fully saturated rings. The van der Waals surface area contributed by atoms with Gasteiger partial charge < -0.3 is 0 Å². The molecule has 0 aromatic heterocycles. The van der Waals surface area contributed by atoms with Crippen molar-refractivity contribution in [3.05, 3.63) is 60.7 Å². The molecule has 0 unspecified atom stereocenters. The van der Waals surface area contributed by atoms with Crippen LogP contribution in [0.1, 0.15) is 32.1 Å². The van der Waals surface area contributed by atoms with Crippen LogP contribution < -0.4 is 10.4 Å². The highest BCUT2D eigenvalue weighted by atomic mass is 28.3. The number of rotatable bonds is 3. The molecule has 1 aliphatic rings. The first-order valence-electron chi connectivity index (χ1n) is 7.93. The zero-order valence-corrected chi connectivity index (χ0v) is 13.4. The largest absolute Gasteiger partial charge is 0.118 e. The lowest BCUT2D eigenvalue weighted by atomic mass is 10.0. The first-order chi connectivity index (χ1) is 9.82. The number of hydrogen-bond donors (Lipinski definition) is 0. The summed E-state index contributed by atoms with van der Waals surface area (Å²) in [5.74, 6) is 0. The minimum atomic E-state index is -1.60. The topological polar surface area (TPSA) is 0 Å². The van der Waals surface area contributed by atoms with Gasteiger partial charge in [-0.15, -0.1) is 0 Å². The van der Waals surface area contributed by atoms with Crippen LogP contribution in [0.5, 0.6) is 0 Å². The van der Waals surface area contributed by atoms with Crippen LogP contribution in [0.2, 0.25) is 12.1 Å². The Hall–Kier alpha value is -1.34. The van der Waals surface area contributed by atoms with Gasteiger partial charge in [0.05, 0.1) is 0 Å². The SMILES string of the molecule is C[Si](c1ccccc1)(c1ccccc1)C1CCCCC1. The van der Waals surface area contributed by atoms with E-state index in [2.05, 4.69) is 67.2 Å². The highest BCUT2D eigenvalue weighted by molar-refractivity contribution is 7.02. The lowest BCUT2D eigenvalue weighted by molar-refractivity contribution is 0.495. The normalized spacial score (nSPS) is 17.1. The third kappa shape index (κ3) is 2.47. The van der Waals surface area contributed by atoms with E-state index in [4.69, 9.17) is 0 Å². The lowest BCUT2D eigenvalue weighted by Crippen LogP contribution is -2.59. The fourth-order valence-electron chi connectivity index (χ4n) is 3.89. The van der Waals surface area contributed by atoms with Crippen molar-refractivity contribution in [3.63, 3.8) is 0 Å². The summed E-state index contributed by atoms with van der Waals surface area (Å²) in [6, 6.07) is 22.6. The fraction of sp³-hybridized carbons (Fsp3) is 0.368. The Balaban J connectivity index is 2.07. The standard InChI is InChI=1S/C19H24Si/c1-20(17-11-5-2-6-12-17,18-13-7-3-8-14-18)19-15-9-4-10-16-19/h2-3,5-8,11-14,19H,4,9-10,15-16H2,1H3. The van der Waals surface area contributed by atoms with Crippen molar-refractivity contribution >= 4 is 18.4 Å². The second-order valence-electron chi connectivity index (χ2n) is 6.27. The van der Waals surface area contributed by atoms with Crippen LogP contribution in [0.25, 0.3) is 0 Å². The summed E-state index contributed by atoms with van der Waals surface area (Å²) in [6.45, 7) is 2.59. The van der Waals surface area contributed by atoms with Crippen molar-refractivity contribution in [2.75, 3.05) is 0 Å². The molecule has 2 aromatic rings. The molecule has 0 aliphatic heterocycles. The van der Waals surface area contributed by atoms with Gasteiger partial charge in [0.25, 0.3) is 0 Å². The predicted octanol–water partition coefficient (Wildman–Crippen LogP) is 4.21. The summed E-state index contributed by atoms with van der Waals surface area (Å²) in [5, 5.41) is 3.22. The van der Waals surface area contributed by atoms with Crippen LogP contribution in [0, 0.1) is 0 Å². The zero-order valence-electron chi connectivity index (χ0n) is 12.4. The molecular formula is C19H24Si. The van der Waals surface area contributed by atoms with Gasteiger partial charge in [0, 0.05) is 0 Å². The summed E-state index contributed by atoms with van der Waals surface area (Å²) in [6.07, 6.45) is 7.13. The summed E-state index contributed by atoms with van der Waals surface area (Å²) in [4.78, 5) is 0. The quantitative estimate of drug-likeness (QED) is 0.739. The minimum absolute atomic E-state index is 0.904. The van der Waals surface area contributed by atoms with Crippen molar-refractivity contribution in [2.45, 2.75) is 44.2 Å². The Bertz CT molecular complexity index is 487. The van der Waals surface area contributed by atoms with Crippen molar-refractivity contribution in [1.29, 1.82) is 0 Å². The number of benzene rings is 2. The monoisotopic (exact) mass is 280 g/mol. The van der Waals surface area contributed by atoms with Crippen molar-refractivity contribution in [1.82, 2.24) is 0 Å². The van der Waals surface area contributed by atoms with Gasteiger partial charge in [0.2, 0.25) is 0 Å². The maximum absolute atomic E-state index is 2.59. The molecule has 0 N–H and O–H groups in total. The molecule has 0 heterocycles. The van der Waals surface area contributed by atoms with E-state index in [0.29, 0.717) is 0 Å². The van der Waals surface area contributed by atoms with Crippen molar-refractivity contribution in [2.24, 2.45) is 0 Å². The van der Waals surface area contributed by atoms with Gasteiger partial charge in [-0.05, 0) is 5.54 Å². The van der Waals surface area contributed by atoms with E-state index >= 15 is 0 Å². The molecule has 0 bridgehead atoms. The van der Waals surface area contributed by atoms with Crippen LogP contribution >= 0.6 is 0 Å². The van der Waals surface area contributed by atoms with E-state index < -0.39 is 8.07 Å². The van der Waals surface area contributed by atoms with Gasteiger partial charge in [-0.2, -0.15) is 0 Å². The highest BCUT2D eigenvalue weighted by Crippen LogP contribution is 2.36. The van der Waals surface area contributed by atoms with E-state index in [9.17, 15) is 0 Å². The molecule has 0 atom stereocenters. The summed E-state index contributed by atoms with van der Waals surface area (Å²) < 4.78 is 0. The van der Waals surface area contributed by atoms with E-state index in [1.165, 1.54) is 32.1 Å². The molecule has 1 heteroatoms. The molecule has 0 saturated heterocycles. The van der Waals surface area contributed by atoms with E-state index in [1.807, 2.05) is 0 Å².